The Bertz CT molecular complexity index is 905. The first kappa shape index (κ1) is 18.7. The Hall–Kier alpha value is -2.61. The highest BCUT2D eigenvalue weighted by Crippen LogP contribution is 2.31. The van der Waals surface area contributed by atoms with E-state index in [-0.39, 0.29) is 18.0 Å². The number of pyridine rings is 1. The lowest BCUT2D eigenvalue weighted by Gasteiger charge is -2.36. The summed E-state index contributed by atoms with van der Waals surface area (Å²) in [5.41, 5.74) is 2.94. The third-order valence-electron chi connectivity index (χ3n) is 5.21. The predicted octanol–water partition coefficient (Wildman–Crippen LogP) is 3.07. The first-order valence-electron chi connectivity index (χ1n) is 9.46. The van der Waals surface area contributed by atoms with Gasteiger partial charge in [-0.3, -0.25) is 9.69 Å². The van der Waals surface area contributed by atoms with E-state index in [0.29, 0.717) is 25.3 Å². The number of ether oxygens (including phenoxy) is 1. The molecule has 0 saturated carbocycles. The second kappa shape index (κ2) is 7.43. The van der Waals surface area contributed by atoms with Crippen molar-refractivity contribution in [1.29, 1.82) is 0 Å². The maximum absolute atomic E-state index is 12.9. The quantitative estimate of drug-likeness (QED) is 0.792. The van der Waals surface area contributed by atoms with Crippen molar-refractivity contribution in [3.05, 3.63) is 40.4 Å². The Morgan fingerprint density at radius 3 is 2.61 bits per heavy atom. The van der Waals surface area contributed by atoms with Gasteiger partial charge in [-0.25, -0.2) is 9.78 Å². The van der Waals surface area contributed by atoms with E-state index in [1.54, 1.807) is 11.0 Å². The largest absolute Gasteiger partial charge is 0.447 e. The van der Waals surface area contributed by atoms with Crippen LogP contribution in [0.4, 0.5) is 15.6 Å². The topological polar surface area (TPSA) is 66.0 Å². The minimum Gasteiger partial charge on any atom is -0.447 e. The minimum atomic E-state index is -0.345. The molecule has 0 aliphatic carbocycles. The standard InChI is InChI=1S/C20H24N4O3S/c1-13-8-14(2)18(21-10-13)22-4-6-23(7-5-22)19(25)16-9-17(28-12-16)24-15(3)11-27-20(24)26/h8-10,12,15H,4-7,11H2,1-3H3/t15-/m1/s1. The van der Waals surface area contributed by atoms with Crippen molar-refractivity contribution in [3.63, 3.8) is 0 Å². The van der Waals surface area contributed by atoms with Crippen LogP contribution in [0.5, 0.6) is 0 Å². The second-order valence-electron chi connectivity index (χ2n) is 7.40. The van der Waals surface area contributed by atoms with Crippen LogP contribution in [0.2, 0.25) is 0 Å². The molecule has 4 rings (SSSR count). The van der Waals surface area contributed by atoms with E-state index in [1.807, 2.05) is 30.3 Å². The Labute approximate surface area is 168 Å². The monoisotopic (exact) mass is 400 g/mol. The number of carbonyl (C=O) groups excluding carboxylic acids is 2. The highest BCUT2D eigenvalue weighted by atomic mass is 32.1. The normalized spacial score (nSPS) is 19.9. The number of hydrogen-bond donors (Lipinski definition) is 0. The van der Waals surface area contributed by atoms with Crippen LogP contribution in [0, 0.1) is 13.8 Å². The molecule has 0 bridgehead atoms. The molecule has 7 nitrogen and oxygen atoms in total. The van der Waals surface area contributed by atoms with Crippen molar-refractivity contribution >= 4 is 34.2 Å². The fourth-order valence-corrected chi connectivity index (χ4v) is 4.71. The van der Waals surface area contributed by atoms with Crippen molar-refractivity contribution in [1.82, 2.24) is 9.88 Å². The number of rotatable bonds is 3. The average Bonchev–Trinajstić information content (AvgIpc) is 3.28. The van der Waals surface area contributed by atoms with Gasteiger partial charge in [0, 0.05) is 37.8 Å². The zero-order valence-electron chi connectivity index (χ0n) is 16.3. The zero-order chi connectivity index (χ0) is 19.8. The van der Waals surface area contributed by atoms with E-state index >= 15 is 0 Å². The summed E-state index contributed by atoms with van der Waals surface area (Å²) in [6, 6.07) is 3.92. The number of carbonyl (C=O) groups is 2. The fraction of sp³-hybridized carbons (Fsp3) is 0.450. The molecule has 1 atom stereocenters. The summed E-state index contributed by atoms with van der Waals surface area (Å²) in [6.45, 7) is 9.26. The van der Waals surface area contributed by atoms with Crippen LogP contribution in [0.25, 0.3) is 0 Å². The van der Waals surface area contributed by atoms with Crippen molar-refractivity contribution in [2.45, 2.75) is 26.8 Å². The molecule has 2 aromatic rings. The van der Waals surface area contributed by atoms with Gasteiger partial charge in [0.25, 0.3) is 5.91 Å². The van der Waals surface area contributed by atoms with Gasteiger partial charge in [0.05, 0.1) is 11.6 Å². The molecule has 0 aromatic carbocycles. The number of piperazine rings is 1. The van der Waals surface area contributed by atoms with Crippen LogP contribution < -0.4 is 9.80 Å². The molecule has 4 heterocycles. The molecule has 2 amide bonds. The molecule has 28 heavy (non-hydrogen) atoms. The molecule has 148 valence electrons. The molecule has 2 saturated heterocycles. The van der Waals surface area contributed by atoms with Crippen LogP contribution in [0.15, 0.2) is 23.7 Å². The van der Waals surface area contributed by atoms with Crippen molar-refractivity contribution < 1.29 is 14.3 Å². The lowest BCUT2D eigenvalue weighted by Crippen LogP contribution is -2.49. The summed E-state index contributed by atoms with van der Waals surface area (Å²) in [6.07, 6.45) is 1.54. The van der Waals surface area contributed by atoms with E-state index in [1.165, 1.54) is 11.3 Å². The SMILES string of the molecule is Cc1cnc(N2CCN(C(=O)c3csc(N4C(=O)OC[C@H]4C)c3)CC2)c(C)c1. The molecule has 0 radical (unpaired) electrons. The van der Waals surface area contributed by atoms with Crippen LogP contribution in [-0.2, 0) is 4.74 Å². The van der Waals surface area contributed by atoms with Crippen LogP contribution in [0.1, 0.15) is 28.4 Å². The lowest BCUT2D eigenvalue weighted by molar-refractivity contribution is 0.0747. The van der Waals surface area contributed by atoms with E-state index < -0.39 is 0 Å². The first-order chi connectivity index (χ1) is 13.4. The fourth-order valence-electron chi connectivity index (χ4n) is 3.73. The predicted molar refractivity (Wildman–Crippen MR) is 109 cm³/mol. The Kier molecular flexibility index (Phi) is 4.97. The number of hydrogen-bond acceptors (Lipinski definition) is 6. The Morgan fingerprint density at radius 1 is 1.21 bits per heavy atom. The summed E-state index contributed by atoms with van der Waals surface area (Å²) >= 11 is 1.40. The van der Waals surface area contributed by atoms with Gasteiger partial charge >= 0.3 is 6.09 Å². The summed E-state index contributed by atoms with van der Waals surface area (Å²) in [5, 5.41) is 2.59. The van der Waals surface area contributed by atoms with E-state index in [0.717, 1.165) is 35.0 Å². The lowest BCUT2D eigenvalue weighted by atomic mass is 10.2. The van der Waals surface area contributed by atoms with Crippen molar-refractivity contribution in [3.8, 4) is 0 Å². The maximum Gasteiger partial charge on any atom is 0.415 e. The first-order valence-corrected chi connectivity index (χ1v) is 10.3. The van der Waals surface area contributed by atoms with Gasteiger partial charge in [-0.05, 0) is 38.0 Å². The molecule has 2 aromatic heterocycles. The zero-order valence-corrected chi connectivity index (χ0v) is 17.2. The second-order valence-corrected chi connectivity index (χ2v) is 8.29. The van der Waals surface area contributed by atoms with Crippen LogP contribution in [0.3, 0.4) is 0 Å². The summed E-state index contributed by atoms with van der Waals surface area (Å²) in [4.78, 5) is 35.1. The highest BCUT2D eigenvalue weighted by molar-refractivity contribution is 7.14. The minimum absolute atomic E-state index is 0.0101. The van der Waals surface area contributed by atoms with Gasteiger partial charge < -0.3 is 14.5 Å². The maximum atomic E-state index is 12.9. The average molecular weight is 401 g/mol. The smallest absolute Gasteiger partial charge is 0.415 e. The third-order valence-corrected chi connectivity index (χ3v) is 6.14. The van der Waals surface area contributed by atoms with Crippen LogP contribution >= 0.6 is 11.3 Å². The van der Waals surface area contributed by atoms with Crippen molar-refractivity contribution in [2.75, 3.05) is 42.6 Å². The third kappa shape index (κ3) is 3.44. The van der Waals surface area contributed by atoms with Gasteiger partial charge in [0.1, 0.15) is 17.4 Å². The Balaban J connectivity index is 1.41. The molecule has 0 N–H and O–H groups in total. The van der Waals surface area contributed by atoms with E-state index in [4.69, 9.17) is 4.74 Å². The van der Waals surface area contributed by atoms with E-state index in [2.05, 4.69) is 22.9 Å². The van der Waals surface area contributed by atoms with Crippen LogP contribution in [-0.4, -0.2) is 60.7 Å². The summed E-state index contributed by atoms with van der Waals surface area (Å²) in [5.74, 6) is 1.01. The summed E-state index contributed by atoms with van der Waals surface area (Å²) < 4.78 is 5.08. The summed E-state index contributed by atoms with van der Waals surface area (Å²) in [7, 11) is 0. The van der Waals surface area contributed by atoms with Gasteiger partial charge in [-0.2, -0.15) is 0 Å². The number of amides is 2. The molecular weight excluding hydrogens is 376 g/mol. The number of nitrogens with zero attached hydrogens (tertiary/aromatic N) is 4. The molecule has 2 aliphatic rings. The number of thiophene rings is 1. The molecule has 0 spiro atoms. The van der Waals surface area contributed by atoms with Gasteiger partial charge in [0.2, 0.25) is 0 Å². The number of anilines is 2. The number of aryl methyl sites for hydroxylation is 2. The molecule has 2 aliphatic heterocycles. The Morgan fingerprint density at radius 2 is 1.96 bits per heavy atom. The highest BCUT2D eigenvalue weighted by Gasteiger charge is 2.33. The number of cyclic esters (lactones) is 1. The molecule has 0 unspecified atom stereocenters. The molecule has 8 heteroatoms. The number of aromatic nitrogens is 1. The van der Waals surface area contributed by atoms with Crippen molar-refractivity contribution in [2.24, 2.45) is 0 Å². The van der Waals surface area contributed by atoms with E-state index in [9.17, 15) is 9.59 Å². The molecular formula is C20H24N4O3S. The van der Waals surface area contributed by atoms with Gasteiger partial charge in [-0.15, -0.1) is 11.3 Å². The van der Waals surface area contributed by atoms with Gasteiger partial charge in [-0.1, -0.05) is 6.07 Å². The van der Waals surface area contributed by atoms with Gasteiger partial charge in [0.15, 0.2) is 0 Å². The molecule has 2 fully saturated rings.